The Labute approximate surface area is 306 Å². The molecular formula is C48H31N5. The van der Waals surface area contributed by atoms with Gasteiger partial charge in [0.1, 0.15) is 11.2 Å². The topological polar surface area (TPSA) is 56.0 Å². The molecule has 4 heterocycles. The van der Waals surface area contributed by atoms with Crippen LogP contribution >= 0.6 is 0 Å². The zero-order chi connectivity index (χ0) is 35.1. The van der Waals surface area contributed by atoms with Crippen molar-refractivity contribution in [1.82, 2.24) is 24.3 Å². The number of aromatic nitrogens is 5. The van der Waals surface area contributed by atoms with E-state index < -0.39 is 0 Å². The first-order valence-electron chi connectivity index (χ1n) is 17.7. The van der Waals surface area contributed by atoms with Gasteiger partial charge in [-0.2, -0.15) is 0 Å². The molecule has 10 aromatic rings. The van der Waals surface area contributed by atoms with Gasteiger partial charge in [0, 0.05) is 39.4 Å². The molecule has 0 aliphatic carbocycles. The Morgan fingerprint density at radius 1 is 0.340 bits per heavy atom. The summed E-state index contributed by atoms with van der Waals surface area (Å²) < 4.78 is 2.14. The molecule has 5 heteroatoms. The van der Waals surface area contributed by atoms with Crippen molar-refractivity contribution in [2.24, 2.45) is 0 Å². The second-order valence-electron chi connectivity index (χ2n) is 13.1. The molecule has 0 N–H and O–H groups in total. The molecule has 0 atom stereocenters. The second kappa shape index (κ2) is 12.8. The molecule has 5 nitrogen and oxygen atoms in total. The SMILES string of the molecule is c1ccc(-c2nc(-c3ccc(-c4ccc(-c5nc6ccccc6c6nc7ccccn7c56)cc4)cc3)nc(-c3ccccc3)c2-c2ccccc2)cc1. The number of imidazole rings is 1. The van der Waals surface area contributed by atoms with Crippen molar-refractivity contribution in [3.8, 4) is 67.4 Å². The monoisotopic (exact) mass is 677 g/mol. The standard InChI is InChI=1S/C48H31N5/c1-4-14-34(15-5-1)42-43(35-16-6-2-7-17-35)51-48(52-44(42)36-18-8-3-9-19-36)38-29-25-33(26-30-38)32-23-27-37(28-24-32)45-47-46(39-20-10-11-21-40(39)49-45)50-41-22-12-13-31-53(41)47/h1-31H. The smallest absolute Gasteiger partial charge is 0.160 e. The Balaban J connectivity index is 1.05. The van der Waals surface area contributed by atoms with Gasteiger partial charge in [0.15, 0.2) is 5.82 Å². The van der Waals surface area contributed by atoms with Gasteiger partial charge < -0.3 is 0 Å². The molecule has 0 bridgehead atoms. The summed E-state index contributed by atoms with van der Waals surface area (Å²) >= 11 is 0. The summed E-state index contributed by atoms with van der Waals surface area (Å²) in [6.07, 6.45) is 2.06. The summed E-state index contributed by atoms with van der Waals surface area (Å²) in [4.78, 5) is 20.7. The minimum Gasteiger partial charge on any atom is -0.298 e. The third kappa shape index (κ3) is 5.43. The molecule has 0 aliphatic heterocycles. The number of rotatable bonds is 6. The maximum Gasteiger partial charge on any atom is 0.160 e. The number of fused-ring (bicyclic) bond motifs is 5. The average molecular weight is 678 g/mol. The molecule has 0 fully saturated rings. The Bertz CT molecular complexity index is 2840. The third-order valence-corrected chi connectivity index (χ3v) is 9.85. The van der Waals surface area contributed by atoms with Crippen molar-refractivity contribution >= 4 is 27.6 Å². The fourth-order valence-electron chi connectivity index (χ4n) is 7.27. The Hall–Kier alpha value is -7.24. The van der Waals surface area contributed by atoms with E-state index in [0.717, 1.165) is 89.2 Å². The van der Waals surface area contributed by atoms with E-state index >= 15 is 0 Å². The molecule has 0 radical (unpaired) electrons. The van der Waals surface area contributed by atoms with Gasteiger partial charge in [-0.1, -0.05) is 164 Å². The van der Waals surface area contributed by atoms with Crippen molar-refractivity contribution in [2.75, 3.05) is 0 Å². The number of nitrogens with zero attached hydrogens (tertiary/aromatic N) is 5. The van der Waals surface area contributed by atoms with Crippen LogP contribution < -0.4 is 0 Å². The molecule has 10 rings (SSSR count). The van der Waals surface area contributed by atoms with Crippen molar-refractivity contribution < 1.29 is 0 Å². The molecule has 6 aromatic carbocycles. The fraction of sp³-hybridized carbons (Fsp3) is 0. The predicted molar refractivity (Wildman–Crippen MR) is 216 cm³/mol. The molecule has 0 unspecified atom stereocenters. The maximum absolute atomic E-state index is 5.26. The fourth-order valence-corrected chi connectivity index (χ4v) is 7.27. The number of benzene rings is 6. The summed E-state index contributed by atoms with van der Waals surface area (Å²) in [5, 5.41) is 1.05. The highest BCUT2D eigenvalue weighted by atomic mass is 15.0. The second-order valence-corrected chi connectivity index (χ2v) is 13.1. The van der Waals surface area contributed by atoms with Crippen LogP contribution in [0.4, 0.5) is 0 Å². The number of pyridine rings is 2. The lowest BCUT2D eigenvalue weighted by Gasteiger charge is -2.17. The normalized spacial score (nSPS) is 11.4. The number of para-hydroxylation sites is 1. The lowest BCUT2D eigenvalue weighted by atomic mass is 9.94. The zero-order valence-corrected chi connectivity index (χ0v) is 28.6. The maximum atomic E-state index is 5.26. The van der Waals surface area contributed by atoms with E-state index in [9.17, 15) is 0 Å². The van der Waals surface area contributed by atoms with Crippen LogP contribution in [-0.4, -0.2) is 24.3 Å². The Kier molecular flexibility index (Phi) is 7.40. The zero-order valence-electron chi connectivity index (χ0n) is 28.6. The Morgan fingerprint density at radius 3 is 1.45 bits per heavy atom. The van der Waals surface area contributed by atoms with Gasteiger partial charge in [-0.15, -0.1) is 0 Å². The molecular weight excluding hydrogens is 647 g/mol. The van der Waals surface area contributed by atoms with E-state index in [0.29, 0.717) is 5.82 Å². The predicted octanol–water partition coefficient (Wildman–Crippen LogP) is 11.8. The highest BCUT2D eigenvalue weighted by Crippen LogP contribution is 2.40. The van der Waals surface area contributed by atoms with E-state index in [1.807, 2.05) is 48.5 Å². The lowest BCUT2D eigenvalue weighted by Crippen LogP contribution is -2.00. The molecule has 0 spiro atoms. The summed E-state index contributed by atoms with van der Waals surface area (Å²) in [6.45, 7) is 0. The van der Waals surface area contributed by atoms with Crippen LogP contribution in [0.15, 0.2) is 188 Å². The quantitative estimate of drug-likeness (QED) is 0.176. The summed E-state index contributed by atoms with van der Waals surface area (Å²) in [5.74, 6) is 0.684. The molecule has 53 heavy (non-hydrogen) atoms. The van der Waals surface area contributed by atoms with Gasteiger partial charge in [0.2, 0.25) is 0 Å². The van der Waals surface area contributed by atoms with Crippen LogP contribution in [0.25, 0.3) is 95.0 Å². The van der Waals surface area contributed by atoms with Crippen LogP contribution in [0.5, 0.6) is 0 Å². The van der Waals surface area contributed by atoms with Crippen molar-refractivity contribution in [3.63, 3.8) is 0 Å². The number of hydrogen-bond acceptors (Lipinski definition) is 4. The molecule has 0 amide bonds. The highest BCUT2D eigenvalue weighted by Gasteiger charge is 2.20. The summed E-state index contributed by atoms with van der Waals surface area (Å²) in [6, 6.07) is 62.8. The molecule has 0 aliphatic rings. The molecule has 248 valence electrons. The number of hydrogen-bond donors (Lipinski definition) is 0. The van der Waals surface area contributed by atoms with Crippen molar-refractivity contribution in [1.29, 1.82) is 0 Å². The van der Waals surface area contributed by atoms with E-state index in [1.165, 1.54) is 0 Å². The third-order valence-electron chi connectivity index (χ3n) is 9.85. The first-order valence-corrected chi connectivity index (χ1v) is 17.7. The van der Waals surface area contributed by atoms with Gasteiger partial charge >= 0.3 is 0 Å². The average Bonchev–Trinajstić information content (AvgIpc) is 3.64. The Morgan fingerprint density at radius 2 is 0.830 bits per heavy atom. The van der Waals surface area contributed by atoms with Crippen LogP contribution in [0.2, 0.25) is 0 Å². The summed E-state index contributed by atoms with van der Waals surface area (Å²) in [7, 11) is 0. The van der Waals surface area contributed by atoms with Crippen molar-refractivity contribution in [3.05, 3.63) is 188 Å². The van der Waals surface area contributed by atoms with Crippen molar-refractivity contribution in [2.45, 2.75) is 0 Å². The van der Waals surface area contributed by atoms with E-state index in [2.05, 4.69) is 144 Å². The van der Waals surface area contributed by atoms with E-state index in [4.69, 9.17) is 19.9 Å². The van der Waals surface area contributed by atoms with Crippen LogP contribution in [0, 0.1) is 0 Å². The van der Waals surface area contributed by atoms with Crippen LogP contribution in [0.3, 0.4) is 0 Å². The molecule has 0 saturated heterocycles. The van der Waals surface area contributed by atoms with Gasteiger partial charge in [0.05, 0.1) is 28.1 Å². The first-order chi connectivity index (χ1) is 26.3. The first kappa shape index (κ1) is 30.6. The highest BCUT2D eigenvalue weighted by molar-refractivity contribution is 6.09. The molecule has 0 saturated carbocycles. The van der Waals surface area contributed by atoms with Gasteiger partial charge in [-0.25, -0.2) is 19.9 Å². The van der Waals surface area contributed by atoms with E-state index in [-0.39, 0.29) is 0 Å². The minimum atomic E-state index is 0.684. The van der Waals surface area contributed by atoms with Gasteiger partial charge in [-0.3, -0.25) is 4.40 Å². The van der Waals surface area contributed by atoms with Crippen LogP contribution in [-0.2, 0) is 0 Å². The van der Waals surface area contributed by atoms with Crippen LogP contribution in [0.1, 0.15) is 0 Å². The van der Waals surface area contributed by atoms with Gasteiger partial charge in [-0.05, 0) is 34.9 Å². The minimum absolute atomic E-state index is 0.684. The lowest BCUT2D eigenvalue weighted by molar-refractivity contribution is 1.18. The van der Waals surface area contributed by atoms with E-state index in [1.54, 1.807) is 0 Å². The summed E-state index contributed by atoms with van der Waals surface area (Å²) in [5.41, 5.74) is 15.0. The molecule has 4 aromatic heterocycles. The largest absolute Gasteiger partial charge is 0.298 e. The van der Waals surface area contributed by atoms with Gasteiger partial charge in [0.25, 0.3) is 0 Å².